The highest BCUT2D eigenvalue weighted by molar-refractivity contribution is 7.10. The number of carbonyl (C=O) groups is 1. The van der Waals surface area contributed by atoms with Gasteiger partial charge in [-0.2, -0.15) is 0 Å². The number of aromatic nitrogens is 1. The van der Waals surface area contributed by atoms with Crippen molar-refractivity contribution in [2.75, 3.05) is 6.54 Å². The number of ketones is 1. The first-order valence-corrected chi connectivity index (χ1v) is 6.86. The Balaban J connectivity index is 1.97. The zero-order valence-corrected chi connectivity index (χ0v) is 10.7. The summed E-state index contributed by atoms with van der Waals surface area (Å²) in [5.74, 6) is 0.420. The fourth-order valence-electron chi connectivity index (χ4n) is 2.46. The van der Waals surface area contributed by atoms with Crippen molar-refractivity contribution in [3.63, 3.8) is 0 Å². The summed E-state index contributed by atoms with van der Waals surface area (Å²) in [5, 5.41) is 2.84. The highest BCUT2D eigenvalue weighted by Crippen LogP contribution is 2.39. The standard InChI is InChI=1S/C13H9N3O2S/c17-8-1-3-14-11-9(13-15-4-6-19-13)7-2-5-18-12(7)16-10(8)11/h2,4-6,9H,1,3H2. The van der Waals surface area contributed by atoms with Crippen LogP contribution in [0.3, 0.4) is 0 Å². The van der Waals surface area contributed by atoms with E-state index in [-0.39, 0.29) is 11.7 Å². The van der Waals surface area contributed by atoms with Gasteiger partial charge in [-0.25, -0.2) is 9.98 Å². The molecule has 2 aliphatic rings. The molecule has 2 aromatic rings. The highest BCUT2D eigenvalue weighted by Gasteiger charge is 2.38. The van der Waals surface area contributed by atoms with Crippen LogP contribution in [-0.2, 0) is 4.79 Å². The van der Waals surface area contributed by atoms with Crippen LogP contribution in [-0.4, -0.2) is 28.7 Å². The minimum atomic E-state index is -0.120. The summed E-state index contributed by atoms with van der Waals surface area (Å²) in [5.41, 5.74) is 2.11. The lowest BCUT2D eigenvalue weighted by Gasteiger charge is -2.24. The van der Waals surface area contributed by atoms with Crippen LogP contribution in [0.25, 0.3) is 0 Å². The molecular formula is C13H9N3O2S. The molecule has 0 bridgehead atoms. The van der Waals surface area contributed by atoms with Crippen LogP contribution in [0.5, 0.6) is 0 Å². The molecule has 0 amide bonds. The Hall–Kier alpha value is -2.08. The summed E-state index contributed by atoms with van der Waals surface area (Å²) in [6, 6.07) is 1.88. The molecule has 6 heteroatoms. The molecule has 94 valence electrons. The average molecular weight is 271 g/mol. The predicted molar refractivity (Wildman–Crippen MR) is 71.7 cm³/mol. The maximum absolute atomic E-state index is 12.0. The van der Waals surface area contributed by atoms with Crippen molar-refractivity contribution in [1.82, 2.24) is 4.98 Å². The summed E-state index contributed by atoms with van der Waals surface area (Å²) < 4.78 is 5.36. The largest absolute Gasteiger partial charge is 0.446 e. The van der Waals surface area contributed by atoms with Crippen molar-refractivity contribution in [2.24, 2.45) is 9.98 Å². The van der Waals surface area contributed by atoms with Crippen LogP contribution in [0.15, 0.2) is 38.3 Å². The van der Waals surface area contributed by atoms with E-state index in [2.05, 4.69) is 15.0 Å². The third kappa shape index (κ3) is 1.53. The maximum Gasteiger partial charge on any atom is 0.223 e. The van der Waals surface area contributed by atoms with E-state index in [1.807, 2.05) is 11.4 Å². The van der Waals surface area contributed by atoms with Gasteiger partial charge in [-0.1, -0.05) is 0 Å². The first-order valence-electron chi connectivity index (χ1n) is 5.98. The van der Waals surface area contributed by atoms with E-state index in [1.165, 1.54) is 0 Å². The SMILES string of the molecule is O=C1CCN=C2C1=Nc1occc1C2c1nccs1. The Morgan fingerprint density at radius 2 is 2.37 bits per heavy atom. The quantitative estimate of drug-likeness (QED) is 0.799. The van der Waals surface area contributed by atoms with Gasteiger partial charge in [0.15, 0.2) is 5.78 Å². The second-order valence-electron chi connectivity index (χ2n) is 4.38. The number of furan rings is 1. The van der Waals surface area contributed by atoms with Gasteiger partial charge in [0, 0.05) is 30.1 Å². The van der Waals surface area contributed by atoms with Gasteiger partial charge in [-0.05, 0) is 6.07 Å². The molecule has 0 aromatic carbocycles. The lowest BCUT2D eigenvalue weighted by molar-refractivity contribution is -0.112. The molecule has 0 aliphatic carbocycles. The number of carbonyl (C=O) groups excluding carboxylic acids is 1. The van der Waals surface area contributed by atoms with Gasteiger partial charge in [-0.3, -0.25) is 9.79 Å². The van der Waals surface area contributed by atoms with E-state index < -0.39 is 0 Å². The Bertz CT molecular complexity index is 712. The molecule has 5 nitrogen and oxygen atoms in total. The van der Waals surface area contributed by atoms with E-state index in [0.29, 0.717) is 24.6 Å². The van der Waals surface area contributed by atoms with Crippen molar-refractivity contribution < 1.29 is 9.21 Å². The minimum absolute atomic E-state index is 0.0357. The van der Waals surface area contributed by atoms with Gasteiger partial charge < -0.3 is 4.42 Å². The number of hydrogen-bond donors (Lipinski definition) is 0. The van der Waals surface area contributed by atoms with Gasteiger partial charge in [0.1, 0.15) is 10.7 Å². The Morgan fingerprint density at radius 1 is 1.42 bits per heavy atom. The number of rotatable bonds is 1. The van der Waals surface area contributed by atoms with Crippen molar-refractivity contribution in [3.05, 3.63) is 34.5 Å². The minimum Gasteiger partial charge on any atom is -0.446 e. The molecule has 2 aliphatic heterocycles. The molecule has 0 saturated heterocycles. The van der Waals surface area contributed by atoms with Gasteiger partial charge in [0.25, 0.3) is 0 Å². The number of hydrogen-bond acceptors (Lipinski definition) is 6. The monoisotopic (exact) mass is 271 g/mol. The van der Waals surface area contributed by atoms with Crippen LogP contribution in [0.1, 0.15) is 22.9 Å². The topological polar surface area (TPSA) is 67.8 Å². The van der Waals surface area contributed by atoms with Crippen LogP contribution in [0, 0.1) is 0 Å². The van der Waals surface area contributed by atoms with Crippen LogP contribution < -0.4 is 0 Å². The zero-order valence-electron chi connectivity index (χ0n) is 9.87. The van der Waals surface area contributed by atoms with Crippen LogP contribution >= 0.6 is 11.3 Å². The molecule has 19 heavy (non-hydrogen) atoms. The Morgan fingerprint density at radius 3 is 3.21 bits per heavy atom. The van der Waals surface area contributed by atoms with Crippen molar-refractivity contribution in [2.45, 2.75) is 12.3 Å². The molecule has 4 heterocycles. The molecule has 0 saturated carbocycles. The third-order valence-corrected chi connectivity index (χ3v) is 4.14. The lowest BCUT2D eigenvalue weighted by atomic mass is 9.87. The summed E-state index contributed by atoms with van der Waals surface area (Å²) in [6.07, 6.45) is 3.77. The van der Waals surface area contributed by atoms with Gasteiger partial charge >= 0.3 is 0 Å². The molecule has 1 atom stereocenters. The van der Waals surface area contributed by atoms with E-state index in [4.69, 9.17) is 4.42 Å². The van der Waals surface area contributed by atoms with Gasteiger partial charge in [0.2, 0.25) is 5.88 Å². The summed E-state index contributed by atoms with van der Waals surface area (Å²) in [4.78, 5) is 25.2. The first-order chi connectivity index (χ1) is 9.34. The third-order valence-electron chi connectivity index (χ3n) is 3.30. The Kier molecular flexibility index (Phi) is 2.25. The number of nitrogens with zero attached hydrogens (tertiary/aromatic N) is 3. The zero-order chi connectivity index (χ0) is 12.8. The van der Waals surface area contributed by atoms with Crippen molar-refractivity contribution in [1.29, 1.82) is 0 Å². The molecule has 0 spiro atoms. The first kappa shape index (κ1) is 10.8. The molecule has 0 radical (unpaired) electrons. The van der Waals surface area contributed by atoms with E-state index in [1.54, 1.807) is 23.8 Å². The second kappa shape index (κ2) is 3.96. The lowest BCUT2D eigenvalue weighted by Crippen LogP contribution is -2.35. The van der Waals surface area contributed by atoms with E-state index in [9.17, 15) is 4.79 Å². The molecule has 2 aromatic heterocycles. The molecule has 0 N–H and O–H groups in total. The summed E-state index contributed by atoms with van der Waals surface area (Å²) >= 11 is 1.55. The van der Waals surface area contributed by atoms with E-state index in [0.717, 1.165) is 16.3 Å². The summed E-state index contributed by atoms with van der Waals surface area (Å²) in [6.45, 7) is 0.530. The fourth-order valence-corrected chi connectivity index (χ4v) is 3.22. The maximum atomic E-state index is 12.0. The molecule has 0 fully saturated rings. The second-order valence-corrected chi connectivity index (χ2v) is 5.31. The summed E-state index contributed by atoms with van der Waals surface area (Å²) in [7, 11) is 0. The number of thiazole rings is 1. The van der Waals surface area contributed by atoms with Crippen molar-refractivity contribution >= 4 is 34.4 Å². The smallest absolute Gasteiger partial charge is 0.223 e. The molecule has 4 rings (SSSR count). The normalized spacial score (nSPS) is 21.5. The van der Waals surface area contributed by atoms with E-state index >= 15 is 0 Å². The Labute approximate surface area is 112 Å². The van der Waals surface area contributed by atoms with Gasteiger partial charge in [0.05, 0.1) is 17.9 Å². The van der Waals surface area contributed by atoms with Crippen molar-refractivity contribution in [3.8, 4) is 0 Å². The molecular weight excluding hydrogens is 262 g/mol. The fraction of sp³-hybridized carbons (Fsp3) is 0.231. The number of Topliss-reactive ketones (excluding diaryl/α,β-unsaturated/α-hetero) is 1. The van der Waals surface area contributed by atoms with Crippen LogP contribution in [0.4, 0.5) is 5.88 Å². The van der Waals surface area contributed by atoms with Gasteiger partial charge in [-0.15, -0.1) is 11.3 Å². The number of aliphatic imine (C=N–C) groups is 2. The number of fused-ring (bicyclic) bond motifs is 2. The average Bonchev–Trinajstić information content (AvgIpc) is 3.08. The highest BCUT2D eigenvalue weighted by atomic mass is 32.1. The molecule has 1 unspecified atom stereocenters. The van der Waals surface area contributed by atoms with Crippen LogP contribution in [0.2, 0.25) is 0 Å². The predicted octanol–water partition coefficient (Wildman–Crippen LogP) is 2.37.